The van der Waals surface area contributed by atoms with Crippen molar-refractivity contribution in [2.45, 2.75) is 39.9 Å². The molecule has 3 aromatic rings. The van der Waals surface area contributed by atoms with Gasteiger partial charge in [0.2, 0.25) is 5.91 Å². The van der Waals surface area contributed by atoms with E-state index in [1.54, 1.807) is 18.2 Å². The predicted molar refractivity (Wildman–Crippen MR) is 106 cm³/mol. The van der Waals surface area contributed by atoms with E-state index >= 15 is 0 Å². The maximum Gasteiger partial charge on any atom is 0.454 e. The van der Waals surface area contributed by atoms with Gasteiger partial charge in [-0.2, -0.15) is 13.2 Å². The van der Waals surface area contributed by atoms with E-state index in [9.17, 15) is 22.8 Å². The zero-order valence-electron chi connectivity index (χ0n) is 16.4. The molecule has 1 N–H and O–H groups in total. The third-order valence-electron chi connectivity index (χ3n) is 4.97. The molecule has 0 aliphatic heterocycles. The summed E-state index contributed by atoms with van der Waals surface area (Å²) in [6.45, 7) is 5.55. The Morgan fingerprint density at radius 1 is 1.07 bits per heavy atom. The van der Waals surface area contributed by atoms with Gasteiger partial charge in [0.15, 0.2) is 0 Å². The molecule has 0 bridgehead atoms. The van der Waals surface area contributed by atoms with Crippen molar-refractivity contribution in [2.75, 3.05) is 5.32 Å². The van der Waals surface area contributed by atoms with Crippen LogP contribution in [0.1, 0.15) is 34.0 Å². The highest BCUT2D eigenvalue weighted by Gasteiger charge is 2.41. The van der Waals surface area contributed by atoms with Crippen LogP contribution in [0, 0.1) is 13.8 Å². The number of nitrogens with one attached hydrogen (secondary N) is 1. The van der Waals surface area contributed by atoms with Crippen molar-refractivity contribution in [2.24, 2.45) is 0 Å². The maximum atomic E-state index is 13.0. The molecule has 0 fully saturated rings. The number of fused-ring (bicyclic) bond motifs is 1. The molecule has 0 radical (unpaired) electrons. The number of amides is 1. The number of hydrogen-bond donors (Lipinski definition) is 1. The van der Waals surface area contributed by atoms with Gasteiger partial charge in [-0.3, -0.25) is 9.59 Å². The highest BCUT2D eigenvalue weighted by atomic mass is 19.4. The normalized spacial score (nSPS) is 11.7. The summed E-state index contributed by atoms with van der Waals surface area (Å²) >= 11 is 0. The number of para-hydroxylation sites is 1. The first-order chi connectivity index (χ1) is 13.6. The first kappa shape index (κ1) is 20.6. The van der Waals surface area contributed by atoms with Gasteiger partial charge in [0.05, 0.1) is 11.1 Å². The zero-order valence-corrected chi connectivity index (χ0v) is 16.4. The summed E-state index contributed by atoms with van der Waals surface area (Å²) < 4.78 is 40.5. The summed E-state index contributed by atoms with van der Waals surface area (Å²) in [5.74, 6) is -2.30. The number of alkyl halides is 3. The van der Waals surface area contributed by atoms with Crippen LogP contribution in [0.2, 0.25) is 0 Å². The average molecular weight is 402 g/mol. The highest BCUT2D eigenvalue weighted by Crippen LogP contribution is 2.30. The molecule has 0 aliphatic rings. The number of aryl methyl sites for hydroxylation is 3. The van der Waals surface area contributed by atoms with Crippen LogP contribution < -0.4 is 5.32 Å². The second kappa shape index (κ2) is 7.73. The Bertz CT molecular complexity index is 1100. The van der Waals surface area contributed by atoms with Gasteiger partial charge in [-0.1, -0.05) is 31.2 Å². The van der Waals surface area contributed by atoms with E-state index < -0.39 is 17.5 Å². The van der Waals surface area contributed by atoms with Gasteiger partial charge in [0, 0.05) is 17.3 Å². The van der Waals surface area contributed by atoms with Crippen molar-refractivity contribution in [3.63, 3.8) is 0 Å². The number of rotatable bonds is 5. The fraction of sp³-hybridized carbons (Fsp3) is 0.273. The first-order valence-corrected chi connectivity index (χ1v) is 9.21. The van der Waals surface area contributed by atoms with Crippen LogP contribution in [0.25, 0.3) is 10.9 Å². The lowest BCUT2D eigenvalue weighted by atomic mass is 10.0. The van der Waals surface area contributed by atoms with Gasteiger partial charge in [0.25, 0.3) is 5.78 Å². The number of carbonyl (C=O) groups excluding carboxylic acids is 2. The third-order valence-corrected chi connectivity index (χ3v) is 4.97. The Morgan fingerprint density at radius 3 is 2.41 bits per heavy atom. The fourth-order valence-corrected chi connectivity index (χ4v) is 3.36. The van der Waals surface area contributed by atoms with Crippen LogP contribution in [0.4, 0.5) is 18.9 Å². The Morgan fingerprint density at radius 2 is 1.79 bits per heavy atom. The summed E-state index contributed by atoms with van der Waals surface area (Å²) in [7, 11) is 0. The lowest BCUT2D eigenvalue weighted by Gasteiger charge is -2.10. The minimum absolute atomic E-state index is 0.200. The van der Waals surface area contributed by atoms with Crippen LogP contribution in [0.15, 0.2) is 42.6 Å². The largest absolute Gasteiger partial charge is 0.454 e. The molecular weight excluding hydrogens is 381 g/mol. The molecule has 1 aromatic heterocycles. The van der Waals surface area contributed by atoms with E-state index in [4.69, 9.17) is 0 Å². The van der Waals surface area contributed by atoms with Crippen molar-refractivity contribution in [3.8, 4) is 0 Å². The topological polar surface area (TPSA) is 51.1 Å². The molecule has 0 saturated carbocycles. The van der Waals surface area contributed by atoms with Crippen LogP contribution >= 0.6 is 0 Å². The van der Waals surface area contributed by atoms with E-state index in [2.05, 4.69) is 5.32 Å². The van der Waals surface area contributed by atoms with Crippen LogP contribution in [-0.4, -0.2) is 22.4 Å². The molecule has 1 amide bonds. The second-order valence-electron chi connectivity index (χ2n) is 7.01. The highest BCUT2D eigenvalue weighted by molar-refractivity contribution is 6.11. The number of nitrogens with zero attached hydrogens (tertiary/aromatic N) is 1. The number of aromatic nitrogens is 1. The fourth-order valence-electron chi connectivity index (χ4n) is 3.36. The minimum Gasteiger partial charge on any atom is -0.337 e. The monoisotopic (exact) mass is 402 g/mol. The van der Waals surface area contributed by atoms with Crippen LogP contribution in [0.5, 0.6) is 0 Å². The smallest absolute Gasteiger partial charge is 0.337 e. The Kier molecular flexibility index (Phi) is 5.50. The van der Waals surface area contributed by atoms with Crippen molar-refractivity contribution in [1.29, 1.82) is 0 Å². The Labute approximate surface area is 166 Å². The first-order valence-electron chi connectivity index (χ1n) is 9.21. The number of ketones is 1. The van der Waals surface area contributed by atoms with Gasteiger partial charge in [0.1, 0.15) is 6.54 Å². The van der Waals surface area contributed by atoms with E-state index in [0.717, 1.165) is 22.9 Å². The summed E-state index contributed by atoms with van der Waals surface area (Å²) in [5.41, 5.74) is 3.50. The van der Waals surface area contributed by atoms with Gasteiger partial charge in [-0.25, -0.2) is 0 Å². The molecule has 4 nitrogen and oxygen atoms in total. The van der Waals surface area contributed by atoms with Crippen molar-refractivity contribution in [1.82, 2.24) is 4.57 Å². The van der Waals surface area contributed by atoms with E-state index in [1.807, 2.05) is 32.9 Å². The van der Waals surface area contributed by atoms with E-state index in [1.165, 1.54) is 10.6 Å². The van der Waals surface area contributed by atoms with Crippen molar-refractivity contribution >= 4 is 28.3 Å². The number of halogens is 3. The lowest BCUT2D eigenvalue weighted by molar-refractivity contribution is -0.116. The van der Waals surface area contributed by atoms with Gasteiger partial charge in [-0.15, -0.1) is 0 Å². The van der Waals surface area contributed by atoms with Crippen molar-refractivity contribution in [3.05, 3.63) is 64.8 Å². The number of benzene rings is 2. The van der Waals surface area contributed by atoms with Gasteiger partial charge >= 0.3 is 6.18 Å². The summed E-state index contributed by atoms with van der Waals surface area (Å²) in [6, 6.07) is 10.4. The van der Waals surface area contributed by atoms with Crippen molar-refractivity contribution < 1.29 is 22.8 Å². The number of Topliss-reactive ketones (excluding diaryl/α,β-unsaturated/α-hetero) is 1. The van der Waals surface area contributed by atoms with Gasteiger partial charge in [-0.05, 0) is 49.1 Å². The zero-order chi connectivity index (χ0) is 21.3. The van der Waals surface area contributed by atoms with Crippen LogP contribution in [-0.2, 0) is 17.8 Å². The van der Waals surface area contributed by atoms with Gasteiger partial charge < -0.3 is 9.88 Å². The number of hydrogen-bond acceptors (Lipinski definition) is 2. The Hall–Kier alpha value is -3.09. The summed E-state index contributed by atoms with van der Waals surface area (Å²) in [4.78, 5) is 24.5. The lowest BCUT2D eigenvalue weighted by Crippen LogP contribution is -2.22. The molecule has 0 atom stereocenters. The molecule has 29 heavy (non-hydrogen) atoms. The quantitative estimate of drug-likeness (QED) is 0.596. The summed E-state index contributed by atoms with van der Waals surface area (Å²) in [5, 5.41) is 2.96. The van der Waals surface area contributed by atoms with E-state index in [0.29, 0.717) is 17.6 Å². The summed E-state index contributed by atoms with van der Waals surface area (Å²) in [6.07, 6.45) is -3.30. The Balaban J connectivity index is 1.99. The molecule has 1 heterocycles. The standard InChI is InChI=1S/C22H21F3N2O2/c1-4-15-6-5-7-17-18(21(29)22(23,24)25)11-27(20(15)17)12-19(28)26-16-9-8-13(2)14(3)10-16/h5-11H,4,12H2,1-3H3,(H,26,28). The molecule has 0 aliphatic carbocycles. The molecular formula is C22H21F3N2O2. The average Bonchev–Trinajstić information content (AvgIpc) is 3.01. The molecule has 3 rings (SSSR count). The minimum atomic E-state index is -4.98. The van der Waals surface area contributed by atoms with Crippen LogP contribution in [0.3, 0.4) is 0 Å². The SMILES string of the molecule is CCc1cccc2c(C(=O)C(F)(F)F)cn(CC(=O)Nc3ccc(C)c(C)c3)c12. The molecule has 7 heteroatoms. The number of anilines is 1. The second-order valence-corrected chi connectivity index (χ2v) is 7.01. The molecule has 152 valence electrons. The number of carbonyl (C=O) groups is 2. The molecule has 2 aromatic carbocycles. The van der Waals surface area contributed by atoms with E-state index in [-0.39, 0.29) is 17.8 Å². The molecule has 0 unspecified atom stereocenters. The molecule has 0 saturated heterocycles. The third kappa shape index (κ3) is 4.18. The maximum absolute atomic E-state index is 13.0. The molecule has 0 spiro atoms. The predicted octanol–water partition coefficient (Wildman–Crippen LogP) is 5.20.